The van der Waals surface area contributed by atoms with Crippen LogP contribution < -0.4 is 11.3 Å². The summed E-state index contributed by atoms with van der Waals surface area (Å²) in [4.78, 5) is 0. The Bertz CT molecular complexity index is 413. The molecule has 0 radical (unpaired) electrons. The van der Waals surface area contributed by atoms with E-state index in [-0.39, 0.29) is 5.41 Å². The van der Waals surface area contributed by atoms with Crippen molar-refractivity contribution in [3.05, 3.63) is 35.9 Å². The standard InChI is InChI=1S/C17H24N2/c1-2-3-5-12-16(19-18)17(13-8-9-14-17)15-10-6-4-7-11-15/h1,4,6-7,10-11,16,19H,3,5,8-9,12-14,18H2. The fourth-order valence-electron chi connectivity index (χ4n) is 3.54. The summed E-state index contributed by atoms with van der Waals surface area (Å²) in [6.07, 6.45) is 13.3. The Morgan fingerprint density at radius 2 is 1.95 bits per heavy atom. The SMILES string of the molecule is C#CCCCC(NN)C1(c2ccccc2)CCCC1. The van der Waals surface area contributed by atoms with Gasteiger partial charge in [-0.05, 0) is 31.2 Å². The molecule has 1 aliphatic carbocycles. The van der Waals surface area contributed by atoms with Crippen molar-refractivity contribution in [3.63, 3.8) is 0 Å². The van der Waals surface area contributed by atoms with E-state index in [9.17, 15) is 0 Å². The van der Waals surface area contributed by atoms with Crippen molar-refractivity contribution in [2.75, 3.05) is 0 Å². The zero-order valence-corrected chi connectivity index (χ0v) is 11.6. The topological polar surface area (TPSA) is 38.0 Å². The first kappa shape index (κ1) is 14.1. The van der Waals surface area contributed by atoms with Crippen LogP contribution in [0.3, 0.4) is 0 Å². The summed E-state index contributed by atoms with van der Waals surface area (Å²) >= 11 is 0. The minimum atomic E-state index is 0.199. The maximum absolute atomic E-state index is 5.86. The van der Waals surface area contributed by atoms with E-state index in [4.69, 9.17) is 12.3 Å². The molecule has 0 aliphatic heterocycles. The van der Waals surface area contributed by atoms with E-state index in [1.807, 2.05) is 0 Å². The molecule has 2 rings (SSSR count). The van der Waals surface area contributed by atoms with Gasteiger partial charge in [0.1, 0.15) is 0 Å². The van der Waals surface area contributed by atoms with Crippen LogP contribution in [0, 0.1) is 12.3 Å². The van der Waals surface area contributed by atoms with E-state index in [1.54, 1.807) is 0 Å². The van der Waals surface area contributed by atoms with Crippen molar-refractivity contribution in [2.24, 2.45) is 5.84 Å². The van der Waals surface area contributed by atoms with Gasteiger partial charge in [0.2, 0.25) is 0 Å². The molecule has 1 atom stereocenters. The Morgan fingerprint density at radius 3 is 2.53 bits per heavy atom. The van der Waals surface area contributed by atoms with Crippen LogP contribution in [0.4, 0.5) is 0 Å². The van der Waals surface area contributed by atoms with E-state index in [2.05, 4.69) is 41.7 Å². The van der Waals surface area contributed by atoms with E-state index in [0.717, 1.165) is 19.3 Å². The molecule has 1 aliphatic rings. The number of unbranched alkanes of at least 4 members (excludes halogenated alkanes) is 1. The van der Waals surface area contributed by atoms with Gasteiger partial charge in [-0.1, -0.05) is 43.2 Å². The monoisotopic (exact) mass is 256 g/mol. The largest absolute Gasteiger partial charge is 0.271 e. The molecule has 0 bridgehead atoms. The number of terminal acetylenes is 1. The molecule has 2 nitrogen and oxygen atoms in total. The summed E-state index contributed by atoms with van der Waals surface area (Å²) in [6.45, 7) is 0. The van der Waals surface area contributed by atoms with E-state index >= 15 is 0 Å². The maximum atomic E-state index is 5.86. The fourth-order valence-corrected chi connectivity index (χ4v) is 3.54. The number of hydrogen-bond donors (Lipinski definition) is 2. The average molecular weight is 256 g/mol. The van der Waals surface area contributed by atoms with Crippen LogP contribution in [0.2, 0.25) is 0 Å². The molecule has 1 unspecified atom stereocenters. The third-order valence-corrected chi connectivity index (χ3v) is 4.53. The average Bonchev–Trinajstić information content (AvgIpc) is 2.95. The zero-order chi connectivity index (χ0) is 13.6. The first-order valence-electron chi connectivity index (χ1n) is 7.28. The first-order chi connectivity index (χ1) is 9.33. The summed E-state index contributed by atoms with van der Waals surface area (Å²) in [7, 11) is 0. The molecule has 3 N–H and O–H groups in total. The zero-order valence-electron chi connectivity index (χ0n) is 11.6. The first-order valence-corrected chi connectivity index (χ1v) is 7.28. The molecule has 0 amide bonds. The van der Waals surface area contributed by atoms with Gasteiger partial charge in [-0.2, -0.15) is 0 Å². The predicted molar refractivity (Wildman–Crippen MR) is 80.4 cm³/mol. The number of benzene rings is 1. The lowest BCUT2D eigenvalue weighted by Crippen LogP contribution is -2.50. The van der Waals surface area contributed by atoms with Crippen LogP contribution in [0.1, 0.15) is 50.5 Å². The van der Waals surface area contributed by atoms with Crippen molar-refractivity contribution < 1.29 is 0 Å². The number of nitrogens with one attached hydrogen (secondary N) is 1. The van der Waals surface area contributed by atoms with Crippen LogP contribution in [0.15, 0.2) is 30.3 Å². The van der Waals surface area contributed by atoms with Gasteiger partial charge in [-0.3, -0.25) is 11.3 Å². The van der Waals surface area contributed by atoms with Crippen molar-refractivity contribution in [3.8, 4) is 12.3 Å². The van der Waals surface area contributed by atoms with Gasteiger partial charge >= 0.3 is 0 Å². The normalized spacial score (nSPS) is 18.9. The highest BCUT2D eigenvalue weighted by Crippen LogP contribution is 2.44. The number of rotatable bonds is 6. The molecule has 1 fully saturated rings. The summed E-state index contributed by atoms with van der Waals surface area (Å²) in [5.74, 6) is 8.58. The Hall–Kier alpha value is -1.30. The van der Waals surface area contributed by atoms with Crippen molar-refractivity contribution in [1.82, 2.24) is 5.43 Å². The second kappa shape index (κ2) is 6.75. The molecule has 0 saturated heterocycles. The van der Waals surface area contributed by atoms with Crippen molar-refractivity contribution in [1.29, 1.82) is 0 Å². The van der Waals surface area contributed by atoms with Crippen LogP contribution in [-0.2, 0) is 5.41 Å². The lowest BCUT2D eigenvalue weighted by Gasteiger charge is -2.38. The molecule has 2 heteroatoms. The Labute approximate surface area is 116 Å². The molecule has 0 heterocycles. The lowest BCUT2D eigenvalue weighted by atomic mass is 9.71. The van der Waals surface area contributed by atoms with Gasteiger partial charge < -0.3 is 0 Å². The van der Waals surface area contributed by atoms with Gasteiger partial charge in [0.05, 0.1) is 0 Å². The third kappa shape index (κ3) is 3.00. The summed E-state index contributed by atoms with van der Waals surface area (Å²) < 4.78 is 0. The minimum Gasteiger partial charge on any atom is -0.271 e. The molecular formula is C17H24N2. The van der Waals surface area contributed by atoms with Gasteiger partial charge in [0.25, 0.3) is 0 Å². The van der Waals surface area contributed by atoms with Crippen LogP contribution in [0.25, 0.3) is 0 Å². The highest BCUT2D eigenvalue weighted by atomic mass is 15.2. The molecule has 0 aromatic heterocycles. The lowest BCUT2D eigenvalue weighted by molar-refractivity contribution is 0.280. The second-order valence-corrected chi connectivity index (χ2v) is 5.54. The van der Waals surface area contributed by atoms with E-state index in [0.29, 0.717) is 6.04 Å². The highest BCUT2D eigenvalue weighted by Gasteiger charge is 2.41. The van der Waals surface area contributed by atoms with Gasteiger partial charge in [0, 0.05) is 17.9 Å². The van der Waals surface area contributed by atoms with Crippen LogP contribution >= 0.6 is 0 Å². The third-order valence-electron chi connectivity index (χ3n) is 4.53. The Morgan fingerprint density at radius 1 is 1.26 bits per heavy atom. The smallest absolute Gasteiger partial charge is 0.0307 e. The second-order valence-electron chi connectivity index (χ2n) is 5.54. The van der Waals surface area contributed by atoms with E-state index < -0.39 is 0 Å². The minimum absolute atomic E-state index is 0.199. The highest BCUT2D eigenvalue weighted by molar-refractivity contribution is 5.29. The van der Waals surface area contributed by atoms with Crippen LogP contribution in [0.5, 0.6) is 0 Å². The number of hydrazine groups is 1. The fraction of sp³-hybridized carbons (Fsp3) is 0.529. The summed E-state index contributed by atoms with van der Waals surface area (Å²) in [5, 5.41) is 0. The Kier molecular flexibility index (Phi) is 5.01. The number of hydrogen-bond acceptors (Lipinski definition) is 2. The predicted octanol–water partition coefficient (Wildman–Crippen LogP) is 3.13. The van der Waals surface area contributed by atoms with Gasteiger partial charge in [0.15, 0.2) is 0 Å². The van der Waals surface area contributed by atoms with Crippen molar-refractivity contribution >= 4 is 0 Å². The molecule has 102 valence electrons. The van der Waals surface area contributed by atoms with Crippen molar-refractivity contribution in [2.45, 2.75) is 56.4 Å². The molecule has 1 aromatic rings. The molecule has 1 aromatic carbocycles. The maximum Gasteiger partial charge on any atom is 0.0307 e. The molecule has 1 saturated carbocycles. The van der Waals surface area contributed by atoms with Crippen LogP contribution in [-0.4, -0.2) is 6.04 Å². The molecule has 0 spiro atoms. The summed E-state index contributed by atoms with van der Waals surface area (Å²) in [6, 6.07) is 11.2. The molecule has 19 heavy (non-hydrogen) atoms. The quantitative estimate of drug-likeness (QED) is 0.355. The van der Waals surface area contributed by atoms with E-state index in [1.165, 1.54) is 31.2 Å². The summed E-state index contributed by atoms with van der Waals surface area (Å²) in [5.41, 5.74) is 4.70. The Balaban J connectivity index is 2.20. The molecular weight excluding hydrogens is 232 g/mol. The van der Waals surface area contributed by atoms with Gasteiger partial charge in [-0.15, -0.1) is 12.3 Å². The number of nitrogens with two attached hydrogens (primary N) is 1. The van der Waals surface area contributed by atoms with Gasteiger partial charge in [-0.25, -0.2) is 0 Å².